The number of fused-ring (bicyclic) bond motifs is 1. The van der Waals surface area contributed by atoms with Gasteiger partial charge in [0.2, 0.25) is 0 Å². The summed E-state index contributed by atoms with van der Waals surface area (Å²) in [5.41, 5.74) is 2.45. The van der Waals surface area contributed by atoms with Gasteiger partial charge < -0.3 is 14.8 Å². The molecule has 2 aromatic heterocycles. The van der Waals surface area contributed by atoms with Crippen LogP contribution in [0.1, 0.15) is 24.5 Å². The van der Waals surface area contributed by atoms with Crippen LogP contribution in [-0.4, -0.2) is 38.2 Å². The number of hydrogen-bond acceptors (Lipinski definition) is 3. The fourth-order valence-corrected chi connectivity index (χ4v) is 3.91. The Balaban J connectivity index is 1.44. The van der Waals surface area contributed by atoms with E-state index >= 15 is 0 Å². The molecule has 4 rings (SSSR count). The Morgan fingerprint density at radius 1 is 1.19 bits per heavy atom. The van der Waals surface area contributed by atoms with E-state index in [0.717, 1.165) is 34.3 Å². The van der Waals surface area contributed by atoms with Crippen molar-refractivity contribution in [3.63, 3.8) is 0 Å². The van der Waals surface area contributed by atoms with E-state index in [1.54, 1.807) is 12.3 Å². The van der Waals surface area contributed by atoms with Gasteiger partial charge in [0.15, 0.2) is 0 Å². The van der Waals surface area contributed by atoms with Crippen LogP contribution in [0.25, 0.3) is 5.65 Å². The van der Waals surface area contributed by atoms with Crippen LogP contribution >= 0.6 is 15.9 Å². The van der Waals surface area contributed by atoms with E-state index in [-0.39, 0.29) is 17.5 Å². The third-order valence-corrected chi connectivity index (χ3v) is 5.66. The lowest BCUT2D eigenvalue weighted by atomic mass is 9.93. The van der Waals surface area contributed by atoms with Crippen LogP contribution in [0.3, 0.4) is 0 Å². The van der Waals surface area contributed by atoms with E-state index in [1.165, 1.54) is 4.52 Å². The number of nitrogens with zero attached hydrogens (tertiary/aromatic N) is 4. The van der Waals surface area contributed by atoms with E-state index in [0.29, 0.717) is 13.1 Å². The molecule has 8 heteroatoms. The molecule has 0 spiro atoms. The van der Waals surface area contributed by atoms with Crippen LogP contribution in [0, 0.1) is 0 Å². The molecule has 2 amide bonds. The number of nitrogens with one attached hydrogen (secondary N) is 1. The van der Waals surface area contributed by atoms with E-state index in [2.05, 4.69) is 26.3 Å². The van der Waals surface area contributed by atoms with E-state index in [9.17, 15) is 9.59 Å². The van der Waals surface area contributed by atoms with Gasteiger partial charge in [-0.25, -0.2) is 4.79 Å². The van der Waals surface area contributed by atoms with Crippen LogP contribution in [0.2, 0.25) is 0 Å². The highest BCUT2D eigenvalue weighted by Gasteiger charge is 2.26. The zero-order valence-electron chi connectivity index (χ0n) is 14.9. The quantitative estimate of drug-likeness (QED) is 0.679. The van der Waals surface area contributed by atoms with Crippen LogP contribution in [0.5, 0.6) is 0 Å². The number of hydrogen-bond donors (Lipinski definition) is 1. The summed E-state index contributed by atoms with van der Waals surface area (Å²) in [6.07, 6.45) is 3.28. The van der Waals surface area contributed by atoms with E-state index in [4.69, 9.17) is 0 Å². The molecule has 1 aliphatic heterocycles. The van der Waals surface area contributed by atoms with E-state index in [1.807, 2.05) is 46.8 Å². The number of likely N-dealkylation sites (tertiary alicyclic amines) is 1. The highest BCUT2D eigenvalue weighted by molar-refractivity contribution is 9.10. The lowest BCUT2D eigenvalue weighted by Crippen LogP contribution is -2.41. The molecule has 3 aromatic rings. The molecule has 0 unspecified atom stereocenters. The van der Waals surface area contributed by atoms with Crippen molar-refractivity contribution in [3.8, 4) is 0 Å². The highest BCUT2D eigenvalue weighted by atomic mass is 79.9. The monoisotopic (exact) mass is 429 g/mol. The van der Waals surface area contributed by atoms with Gasteiger partial charge in [-0.1, -0.05) is 15.9 Å². The normalized spacial score (nSPS) is 15.3. The highest BCUT2D eigenvalue weighted by Crippen LogP contribution is 2.28. The Kier molecular flexibility index (Phi) is 4.73. The van der Waals surface area contributed by atoms with Gasteiger partial charge in [0.05, 0.1) is 6.20 Å². The largest absolute Gasteiger partial charge is 0.333 e. The summed E-state index contributed by atoms with van der Waals surface area (Å²) >= 11 is 3.39. The Morgan fingerprint density at radius 2 is 1.89 bits per heavy atom. The Bertz CT molecular complexity index is 1030. The molecule has 0 radical (unpaired) electrons. The third kappa shape index (κ3) is 3.49. The maximum Gasteiger partial charge on any atom is 0.321 e. The summed E-state index contributed by atoms with van der Waals surface area (Å²) < 4.78 is 4.41. The summed E-state index contributed by atoms with van der Waals surface area (Å²) in [4.78, 5) is 26.6. The number of carbonyl (C=O) groups is 1. The van der Waals surface area contributed by atoms with Gasteiger partial charge >= 0.3 is 6.03 Å². The molecule has 1 fully saturated rings. The van der Waals surface area contributed by atoms with Crippen molar-refractivity contribution in [1.29, 1.82) is 0 Å². The zero-order valence-corrected chi connectivity index (χ0v) is 16.5. The number of amides is 2. The molecule has 1 aromatic carbocycles. The van der Waals surface area contributed by atoms with Crippen molar-refractivity contribution in [1.82, 2.24) is 19.1 Å². The molecule has 27 heavy (non-hydrogen) atoms. The molecule has 1 aliphatic rings. The van der Waals surface area contributed by atoms with Crippen molar-refractivity contribution in [2.75, 3.05) is 18.4 Å². The molecule has 3 heterocycles. The third-order valence-electron chi connectivity index (χ3n) is 5.13. The number of urea groups is 1. The van der Waals surface area contributed by atoms with Crippen LogP contribution in [0.15, 0.2) is 51.9 Å². The Hall–Kier alpha value is -2.61. The number of aromatic nitrogens is 3. The molecule has 0 saturated carbocycles. The standard InChI is InChI=1S/C19H20BrN5O2/c1-23-16(12-18(26)25-17(23)6-9-21-25)13-7-10-24(11-8-13)19(27)22-15-4-2-14(20)3-5-15/h2-6,9,12-13H,7-8,10-11H2,1H3,(H,22,27). The molecule has 0 atom stereocenters. The van der Waals surface area contributed by atoms with Crippen molar-refractivity contribution in [2.24, 2.45) is 7.05 Å². The van der Waals surface area contributed by atoms with Crippen LogP contribution in [-0.2, 0) is 7.05 Å². The van der Waals surface area contributed by atoms with Gasteiger partial charge in [0.25, 0.3) is 5.56 Å². The first-order valence-corrected chi connectivity index (χ1v) is 9.67. The first-order chi connectivity index (χ1) is 13.0. The first-order valence-electron chi connectivity index (χ1n) is 8.88. The second-order valence-electron chi connectivity index (χ2n) is 6.77. The summed E-state index contributed by atoms with van der Waals surface area (Å²) in [5.74, 6) is 0.249. The van der Waals surface area contributed by atoms with Crippen molar-refractivity contribution < 1.29 is 4.79 Å². The van der Waals surface area contributed by atoms with E-state index < -0.39 is 0 Å². The lowest BCUT2D eigenvalue weighted by Gasteiger charge is -2.33. The van der Waals surface area contributed by atoms with Crippen LogP contribution in [0.4, 0.5) is 10.5 Å². The molecular weight excluding hydrogens is 410 g/mol. The lowest BCUT2D eigenvalue weighted by molar-refractivity contribution is 0.193. The molecule has 140 valence electrons. The number of benzene rings is 1. The smallest absolute Gasteiger partial charge is 0.321 e. The average molecular weight is 430 g/mol. The van der Waals surface area contributed by atoms with Gasteiger partial charge in [0, 0.05) is 54.0 Å². The number of piperidine rings is 1. The molecule has 1 N–H and O–H groups in total. The minimum Gasteiger partial charge on any atom is -0.333 e. The number of halogens is 1. The second-order valence-corrected chi connectivity index (χ2v) is 7.68. The second kappa shape index (κ2) is 7.19. The van der Waals surface area contributed by atoms with Gasteiger partial charge in [0.1, 0.15) is 5.65 Å². The van der Waals surface area contributed by atoms with Crippen LogP contribution < -0.4 is 10.9 Å². The summed E-state index contributed by atoms with van der Waals surface area (Å²) in [7, 11) is 1.96. The Morgan fingerprint density at radius 3 is 2.59 bits per heavy atom. The summed E-state index contributed by atoms with van der Waals surface area (Å²) in [6, 6.07) is 10.9. The average Bonchev–Trinajstić information content (AvgIpc) is 3.17. The maximum absolute atomic E-state index is 12.5. The Labute approximate surface area is 164 Å². The summed E-state index contributed by atoms with van der Waals surface area (Å²) in [6.45, 7) is 1.32. The topological polar surface area (TPSA) is 71.6 Å². The van der Waals surface area contributed by atoms with Crippen molar-refractivity contribution >= 4 is 33.3 Å². The molecule has 7 nitrogen and oxygen atoms in total. The van der Waals surface area contributed by atoms with Gasteiger partial charge in [-0.3, -0.25) is 4.79 Å². The minimum atomic E-state index is -0.112. The van der Waals surface area contributed by atoms with Gasteiger partial charge in [-0.2, -0.15) is 9.61 Å². The molecule has 0 aliphatic carbocycles. The molecule has 0 bridgehead atoms. The van der Waals surface area contributed by atoms with Crippen molar-refractivity contribution in [3.05, 3.63) is 63.1 Å². The predicted molar refractivity (Wildman–Crippen MR) is 107 cm³/mol. The zero-order chi connectivity index (χ0) is 19.0. The van der Waals surface area contributed by atoms with Gasteiger partial charge in [-0.15, -0.1) is 0 Å². The number of carbonyl (C=O) groups excluding carboxylic acids is 1. The van der Waals surface area contributed by atoms with Gasteiger partial charge in [-0.05, 0) is 37.1 Å². The fraction of sp³-hybridized carbons (Fsp3) is 0.316. The van der Waals surface area contributed by atoms with Crippen molar-refractivity contribution in [2.45, 2.75) is 18.8 Å². The summed E-state index contributed by atoms with van der Waals surface area (Å²) in [5, 5.41) is 7.00. The molecule has 1 saturated heterocycles. The number of rotatable bonds is 2. The SMILES string of the molecule is Cn1c(C2CCN(C(=O)Nc3ccc(Br)cc3)CC2)cc(=O)n2nccc12. The molecular formula is C19H20BrN5O2. The fourth-order valence-electron chi connectivity index (χ4n) is 3.64. The predicted octanol–water partition coefficient (Wildman–Crippen LogP) is 3.21. The number of aryl methyl sites for hydroxylation is 1. The minimum absolute atomic E-state index is 0.0871. The first kappa shape index (κ1) is 17.8. The maximum atomic E-state index is 12.5. The number of anilines is 1.